The van der Waals surface area contributed by atoms with Crippen molar-refractivity contribution in [3.05, 3.63) is 125 Å². The molecular formula is C26H21Cl2FP+. The Morgan fingerprint density at radius 3 is 1.47 bits per heavy atom. The third-order valence-corrected chi connectivity index (χ3v) is 10.6. The largest absolute Gasteiger partial charge is 0.205 e. The monoisotopic (exact) mass is 453 g/mol. The fraction of sp³-hybridized carbons (Fsp3) is 0.0769. The normalized spacial score (nSPS) is 11.4. The molecule has 150 valence electrons. The van der Waals surface area contributed by atoms with E-state index in [4.69, 9.17) is 23.2 Å². The van der Waals surface area contributed by atoms with E-state index in [-0.39, 0.29) is 5.02 Å². The van der Waals surface area contributed by atoms with E-state index in [1.807, 2.05) is 18.2 Å². The summed E-state index contributed by atoms with van der Waals surface area (Å²) >= 11 is 12.7. The molecule has 0 aliphatic heterocycles. The second-order valence-electron chi connectivity index (χ2n) is 7.11. The Balaban J connectivity index is 1.91. The molecule has 4 rings (SSSR count). The minimum atomic E-state index is -2.01. The van der Waals surface area contributed by atoms with Crippen molar-refractivity contribution in [1.82, 2.24) is 0 Å². The van der Waals surface area contributed by atoms with E-state index in [1.165, 1.54) is 22.0 Å². The second-order valence-corrected chi connectivity index (χ2v) is 11.5. The van der Waals surface area contributed by atoms with E-state index >= 15 is 0 Å². The van der Waals surface area contributed by atoms with Crippen LogP contribution < -0.4 is 15.9 Å². The first-order valence-corrected chi connectivity index (χ1v) is 12.5. The quantitative estimate of drug-likeness (QED) is 0.226. The van der Waals surface area contributed by atoms with Gasteiger partial charge in [-0.15, -0.1) is 0 Å². The fourth-order valence-electron chi connectivity index (χ4n) is 3.96. The van der Waals surface area contributed by atoms with Crippen molar-refractivity contribution in [1.29, 1.82) is 0 Å². The van der Waals surface area contributed by atoms with Crippen LogP contribution in [0.4, 0.5) is 4.39 Å². The molecule has 0 unspecified atom stereocenters. The van der Waals surface area contributed by atoms with Crippen molar-refractivity contribution < 1.29 is 4.39 Å². The standard InChI is InChI=1S/C26H21Cl2FP/c27-24-16-17-25(29)26(28)23(24)18-19-30(20-10-4-1-5-11-20,21-12-6-2-7-13-21)22-14-8-3-9-15-22/h1-17H,18-19H2/q+1. The molecule has 4 heteroatoms. The summed E-state index contributed by atoms with van der Waals surface area (Å²) in [6, 6.07) is 34.7. The van der Waals surface area contributed by atoms with Gasteiger partial charge in [0.05, 0.1) is 11.2 Å². The first-order valence-electron chi connectivity index (χ1n) is 9.80. The molecule has 4 aromatic rings. The lowest BCUT2D eigenvalue weighted by Crippen LogP contribution is -2.34. The van der Waals surface area contributed by atoms with Crippen molar-refractivity contribution >= 4 is 46.4 Å². The molecule has 0 atom stereocenters. The maximum Gasteiger partial charge on any atom is 0.142 e. The summed E-state index contributed by atoms with van der Waals surface area (Å²) in [6.07, 6.45) is 1.38. The predicted molar refractivity (Wildman–Crippen MR) is 130 cm³/mol. The van der Waals surface area contributed by atoms with Gasteiger partial charge in [-0.3, -0.25) is 0 Å². The smallest absolute Gasteiger partial charge is 0.142 e. The van der Waals surface area contributed by atoms with Gasteiger partial charge in [-0.1, -0.05) is 77.8 Å². The summed E-state index contributed by atoms with van der Waals surface area (Å²) in [5.41, 5.74) is 0.672. The maximum absolute atomic E-state index is 14.2. The van der Waals surface area contributed by atoms with Crippen LogP contribution in [0.2, 0.25) is 10.0 Å². The summed E-state index contributed by atoms with van der Waals surface area (Å²) < 4.78 is 14.2. The average Bonchev–Trinajstić information content (AvgIpc) is 2.81. The number of hydrogen-bond donors (Lipinski definition) is 0. The Morgan fingerprint density at radius 1 is 0.600 bits per heavy atom. The number of rotatable bonds is 6. The van der Waals surface area contributed by atoms with Gasteiger partial charge in [-0.25, -0.2) is 4.39 Å². The molecule has 0 radical (unpaired) electrons. The van der Waals surface area contributed by atoms with Gasteiger partial charge in [0.25, 0.3) is 0 Å². The fourth-order valence-corrected chi connectivity index (χ4v) is 8.79. The highest BCUT2D eigenvalue weighted by Gasteiger charge is 2.45. The highest BCUT2D eigenvalue weighted by atomic mass is 35.5. The van der Waals surface area contributed by atoms with Gasteiger partial charge < -0.3 is 0 Å². The van der Waals surface area contributed by atoms with Gasteiger partial charge in [0.15, 0.2) is 0 Å². The molecule has 0 fully saturated rings. The van der Waals surface area contributed by atoms with Gasteiger partial charge in [0, 0.05) is 11.4 Å². The molecule has 0 nitrogen and oxygen atoms in total. The van der Waals surface area contributed by atoms with Crippen molar-refractivity contribution in [3.63, 3.8) is 0 Å². The van der Waals surface area contributed by atoms with Crippen LogP contribution in [0, 0.1) is 5.82 Å². The molecule has 30 heavy (non-hydrogen) atoms. The van der Waals surface area contributed by atoms with Crippen LogP contribution in [0.1, 0.15) is 5.56 Å². The summed E-state index contributed by atoms with van der Waals surface area (Å²) in [6.45, 7) is 0. The van der Waals surface area contributed by atoms with Gasteiger partial charge in [0.2, 0.25) is 0 Å². The molecule has 0 spiro atoms. The van der Waals surface area contributed by atoms with Crippen LogP contribution in [0.25, 0.3) is 0 Å². The van der Waals surface area contributed by atoms with E-state index in [9.17, 15) is 4.39 Å². The summed E-state index contributed by atoms with van der Waals surface area (Å²) in [5, 5.41) is 4.48. The Morgan fingerprint density at radius 2 is 1.03 bits per heavy atom. The molecule has 0 bridgehead atoms. The topological polar surface area (TPSA) is 0 Å². The van der Waals surface area contributed by atoms with Gasteiger partial charge in [-0.2, -0.15) is 0 Å². The second kappa shape index (κ2) is 9.31. The van der Waals surface area contributed by atoms with Crippen molar-refractivity contribution in [2.45, 2.75) is 6.42 Å². The molecule has 0 saturated heterocycles. The van der Waals surface area contributed by atoms with E-state index in [0.717, 1.165) is 6.16 Å². The van der Waals surface area contributed by atoms with E-state index in [2.05, 4.69) is 72.8 Å². The zero-order valence-corrected chi connectivity index (χ0v) is 18.7. The number of hydrogen-bond acceptors (Lipinski definition) is 0. The van der Waals surface area contributed by atoms with Gasteiger partial charge >= 0.3 is 0 Å². The molecule has 0 saturated carbocycles. The Kier molecular flexibility index (Phi) is 6.54. The Labute approximate surface area is 187 Å². The third kappa shape index (κ3) is 4.03. The van der Waals surface area contributed by atoms with Crippen molar-refractivity contribution in [2.75, 3.05) is 6.16 Å². The minimum absolute atomic E-state index is 0.120. The summed E-state index contributed by atoms with van der Waals surface area (Å²) in [5.74, 6) is -0.431. The number of benzene rings is 4. The lowest BCUT2D eigenvalue weighted by atomic mass is 10.1. The Hall–Kier alpha value is -2.18. The molecule has 0 aromatic heterocycles. The predicted octanol–water partition coefficient (Wildman–Crippen LogP) is 6.67. The van der Waals surface area contributed by atoms with Gasteiger partial charge in [-0.05, 0) is 54.1 Å². The highest BCUT2D eigenvalue weighted by Crippen LogP contribution is 2.56. The lowest BCUT2D eigenvalue weighted by molar-refractivity contribution is 0.626. The zero-order valence-electron chi connectivity index (χ0n) is 16.3. The third-order valence-electron chi connectivity index (χ3n) is 5.43. The van der Waals surface area contributed by atoms with Gasteiger partial charge in [0.1, 0.15) is 29.0 Å². The maximum atomic E-state index is 14.2. The van der Waals surface area contributed by atoms with Crippen LogP contribution in [0.15, 0.2) is 103 Å². The van der Waals surface area contributed by atoms with E-state index in [1.54, 1.807) is 6.07 Å². The molecular weight excluding hydrogens is 433 g/mol. The van der Waals surface area contributed by atoms with Crippen molar-refractivity contribution in [2.24, 2.45) is 0 Å². The van der Waals surface area contributed by atoms with Crippen LogP contribution in [0.3, 0.4) is 0 Å². The molecule has 0 amide bonds. The summed E-state index contributed by atoms with van der Waals surface area (Å²) in [7, 11) is -2.01. The average molecular weight is 454 g/mol. The highest BCUT2D eigenvalue weighted by molar-refractivity contribution is 7.95. The summed E-state index contributed by atoms with van der Waals surface area (Å²) in [4.78, 5) is 0. The van der Waals surface area contributed by atoms with Crippen LogP contribution >= 0.6 is 30.5 Å². The van der Waals surface area contributed by atoms with E-state index in [0.29, 0.717) is 17.0 Å². The zero-order chi connectivity index (χ0) is 21.0. The molecule has 0 aliphatic rings. The van der Waals surface area contributed by atoms with Crippen LogP contribution in [0.5, 0.6) is 0 Å². The molecule has 0 aliphatic carbocycles. The minimum Gasteiger partial charge on any atom is -0.205 e. The first-order chi connectivity index (χ1) is 14.6. The SMILES string of the molecule is Fc1ccc(Cl)c(CC[P+](c2ccccc2)(c2ccccc2)c2ccccc2)c1Cl. The first kappa shape index (κ1) is 21.1. The molecule has 4 aromatic carbocycles. The molecule has 0 heterocycles. The Bertz CT molecular complexity index is 1020. The van der Waals surface area contributed by atoms with Crippen molar-refractivity contribution in [3.8, 4) is 0 Å². The molecule has 0 N–H and O–H groups in total. The number of halogens is 3. The van der Waals surface area contributed by atoms with Crippen LogP contribution in [-0.4, -0.2) is 6.16 Å². The van der Waals surface area contributed by atoms with E-state index < -0.39 is 13.1 Å². The van der Waals surface area contributed by atoms with Crippen LogP contribution in [-0.2, 0) is 6.42 Å². The lowest BCUT2D eigenvalue weighted by Gasteiger charge is -2.28.